The number of hydrogen-bond donors (Lipinski definition) is 1. The number of carbonyl (C=O) groups excluding carboxylic acids is 2. The van der Waals surface area contributed by atoms with Crippen molar-refractivity contribution in [1.82, 2.24) is 0 Å². The summed E-state index contributed by atoms with van der Waals surface area (Å²) in [6, 6.07) is 28.8. The van der Waals surface area contributed by atoms with Crippen LogP contribution in [0.25, 0.3) is 0 Å². The maximum absolute atomic E-state index is 16.0. The van der Waals surface area contributed by atoms with E-state index in [1.54, 1.807) is 0 Å². The highest BCUT2D eigenvalue weighted by atomic mass is 35.5. The molecular formula is C37H36ClFO5Si. The van der Waals surface area contributed by atoms with Crippen molar-refractivity contribution in [2.75, 3.05) is 0 Å². The maximum atomic E-state index is 16.0. The summed E-state index contributed by atoms with van der Waals surface area (Å²) in [5, 5.41) is 12.3. The van der Waals surface area contributed by atoms with Crippen molar-refractivity contribution in [1.29, 1.82) is 0 Å². The molecule has 232 valence electrons. The van der Waals surface area contributed by atoms with Gasteiger partial charge in [-0.3, -0.25) is 9.59 Å². The molecule has 1 aliphatic carbocycles. The second kappa shape index (κ2) is 13.2. The van der Waals surface area contributed by atoms with Gasteiger partial charge in [-0.15, -0.1) is 0 Å². The SMILES string of the molecule is CC(C)(C)[Si](OC1CCC(C(=O)c2ccc(C(=O)O)c(C(=O)c3ccc(Cl)cc3)c2F)CC1)(c1ccccc1)c1ccccc1. The van der Waals surface area contributed by atoms with Crippen LogP contribution in [0.5, 0.6) is 0 Å². The quantitative estimate of drug-likeness (QED) is 0.149. The fourth-order valence-electron chi connectivity index (χ4n) is 6.52. The summed E-state index contributed by atoms with van der Waals surface area (Å²) in [6.45, 7) is 6.67. The number of carbonyl (C=O) groups is 3. The zero-order chi connectivity index (χ0) is 32.4. The highest BCUT2D eigenvalue weighted by Crippen LogP contribution is 2.40. The average molecular weight is 643 g/mol. The van der Waals surface area contributed by atoms with Gasteiger partial charge in [0, 0.05) is 22.6 Å². The van der Waals surface area contributed by atoms with Crippen LogP contribution in [0.1, 0.15) is 83.1 Å². The Morgan fingerprint density at radius 1 is 0.778 bits per heavy atom. The number of carboxylic acid groups (broad SMARTS) is 1. The van der Waals surface area contributed by atoms with Gasteiger partial charge in [-0.05, 0) is 77.5 Å². The second-order valence-electron chi connectivity index (χ2n) is 12.6. The summed E-state index contributed by atoms with van der Waals surface area (Å²) < 4.78 is 23.2. The molecule has 45 heavy (non-hydrogen) atoms. The lowest BCUT2D eigenvalue weighted by atomic mass is 9.81. The predicted molar refractivity (Wildman–Crippen MR) is 177 cm³/mol. The molecule has 0 heterocycles. The molecule has 0 atom stereocenters. The Bertz CT molecular complexity index is 1650. The first-order chi connectivity index (χ1) is 21.4. The minimum absolute atomic E-state index is 0.0754. The van der Waals surface area contributed by atoms with Gasteiger partial charge < -0.3 is 9.53 Å². The van der Waals surface area contributed by atoms with Crippen LogP contribution in [0, 0.1) is 11.7 Å². The third kappa shape index (κ3) is 6.43. The zero-order valence-corrected chi connectivity index (χ0v) is 27.3. The molecule has 8 heteroatoms. The van der Waals surface area contributed by atoms with Crippen molar-refractivity contribution < 1.29 is 28.3 Å². The third-order valence-corrected chi connectivity index (χ3v) is 14.1. The number of carboxylic acids is 1. The molecule has 0 aromatic heterocycles. The second-order valence-corrected chi connectivity index (χ2v) is 17.3. The van der Waals surface area contributed by atoms with E-state index in [2.05, 4.69) is 45.0 Å². The van der Waals surface area contributed by atoms with Crippen molar-refractivity contribution in [3.05, 3.63) is 130 Å². The highest BCUT2D eigenvalue weighted by Gasteiger charge is 2.51. The summed E-state index contributed by atoms with van der Waals surface area (Å²) in [4.78, 5) is 38.9. The molecule has 0 radical (unpaired) electrons. The molecule has 4 aromatic carbocycles. The number of halogens is 2. The monoisotopic (exact) mass is 642 g/mol. The van der Waals surface area contributed by atoms with E-state index in [0.717, 1.165) is 6.07 Å². The number of benzene rings is 4. The first kappa shape index (κ1) is 32.5. The Labute approximate surface area is 269 Å². The van der Waals surface area contributed by atoms with Crippen LogP contribution in [-0.2, 0) is 4.43 Å². The Morgan fingerprint density at radius 2 is 1.29 bits per heavy atom. The van der Waals surface area contributed by atoms with Gasteiger partial charge >= 0.3 is 5.97 Å². The Hall–Kier alpha value is -3.91. The van der Waals surface area contributed by atoms with Crippen LogP contribution < -0.4 is 10.4 Å². The van der Waals surface area contributed by atoms with E-state index in [4.69, 9.17) is 16.0 Å². The Kier molecular flexibility index (Phi) is 9.54. The molecule has 5 nitrogen and oxygen atoms in total. The molecular weight excluding hydrogens is 607 g/mol. The zero-order valence-electron chi connectivity index (χ0n) is 25.6. The number of hydrogen-bond acceptors (Lipinski definition) is 4. The smallest absolute Gasteiger partial charge is 0.336 e. The first-order valence-electron chi connectivity index (χ1n) is 15.1. The van der Waals surface area contributed by atoms with Gasteiger partial charge in [-0.25, -0.2) is 9.18 Å². The van der Waals surface area contributed by atoms with Crippen LogP contribution in [-0.4, -0.2) is 37.1 Å². The molecule has 0 spiro atoms. The van der Waals surface area contributed by atoms with Gasteiger partial charge in [-0.2, -0.15) is 0 Å². The summed E-state index contributed by atoms with van der Waals surface area (Å²) in [7, 11) is -2.78. The molecule has 0 aliphatic heterocycles. The fourth-order valence-corrected chi connectivity index (χ4v) is 11.4. The van der Waals surface area contributed by atoms with E-state index in [9.17, 15) is 19.5 Å². The predicted octanol–water partition coefficient (Wildman–Crippen LogP) is 7.73. The molecule has 1 fully saturated rings. The van der Waals surface area contributed by atoms with Crippen LogP contribution in [0.3, 0.4) is 0 Å². The molecule has 5 rings (SSSR count). The standard InChI is InChI=1S/C37H36ClFO5Si/c1-37(2,3)45(28-10-6-4-7-11-28,29-12-8-5-9-13-29)44-27-20-16-24(17-21-27)34(40)31-23-22-30(36(42)43)32(33(31)39)35(41)25-14-18-26(38)19-15-25/h4-15,18-19,22-24,27H,16-17,20-21H2,1-3H3,(H,42,43). The summed E-state index contributed by atoms with van der Waals surface area (Å²) in [5.41, 5.74) is -1.31. The molecule has 1 N–H and O–H groups in total. The summed E-state index contributed by atoms with van der Waals surface area (Å²) >= 11 is 5.93. The number of ketones is 2. The van der Waals surface area contributed by atoms with Crippen molar-refractivity contribution in [3.8, 4) is 0 Å². The molecule has 0 bridgehead atoms. The molecule has 0 unspecified atom stereocenters. The van der Waals surface area contributed by atoms with Crippen LogP contribution in [0.15, 0.2) is 97.1 Å². The fraction of sp³-hybridized carbons (Fsp3) is 0.270. The molecule has 0 amide bonds. The largest absolute Gasteiger partial charge is 0.478 e. The topological polar surface area (TPSA) is 80.7 Å². The third-order valence-electron chi connectivity index (χ3n) is 8.78. The van der Waals surface area contributed by atoms with Crippen molar-refractivity contribution in [2.24, 2.45) is 5.92 Å². The first-order valence-corrected chi connectivity index (χ1v) is 17.4. The van der Waals surface area contributed by atoms with Gasteiger partial charge in [0.15, 0.2) is 11.6 Å². The van der Waals surface area contributed by atoms with Crippen molar-refractivity contribution in [3.63, 3.8) is 0 Å². The minimum Gasteiger partial charge on any atom is -0.478 e. The average Bonchev–Trinajstić information content (AvgIpc) is 3.03. The van der Waals surface area contributed by atoms with Crippen LogP contribution in [0.4, 0.5) is 4.39 Å². The van der Waals surface area contributed by atoms with Gasteiger partial charge in [0.05, 0.1) is 16.7 Å². The van der Waals surface area contributed by atoms with E-state index in [1.165, 1.54) is 40.7 Å². The summed E-state index contributed by atoms with van der Waals surface area (Å²) in [5.74, 6) is -4.29. The van der Waals surface area contributed by atoms with Gasteiger partial charge in [0.1, 0.15) is 5.82 Å². The lowest BCUT2D eigenvalue weighted by molar-refractivity contribution is 0.0689. The lowest BCUT2D eigenvalue weighted by Crippen LogP contribution is -2.67. The van der Waals surface area contributed by atoms with Crippen LogP contribution >= 0.6 is 11.6 Å². The minimum atomic E-state index is -2.78. The Morgan fingerprint density at radius 3 is 1.78 bits per heavy atom. The van der Waals surface area contributed by atoms with E-state index < -0.39 is 48.7 Å². The molecule has 0 saturated heterocycles. The van der Waals surface area contributed by atoms with E-state index in [0.29, 0.717) is 30.7 Å². The van der Waals surface area contributed by atoms with E-state index in [1.807, 2.05) is 36.4 Å². The number of aromatic carboxylic acids is 1. The van der Waals surface area contributed by atoms with Gasteiger partial charge in [-0.1, -0.05) is 93.0 Å². The normalized spacial score (nSPS) is 17.1. The number of rotatable bonds is 9. The van der Waals surface area contributed by atoms with Gasteiger partial charge in [0.25, 0.3) is 8.32 Å². The molecule has 1 saturated carbocycles. The van der Waals surface area contributed by atoms with E-state index >= 15 is 4.39 Å². The molecule has 1 aliphatic rings. The van der Waals surface area contributed by atoms with Crippen LogP contribution in [0.2, 0.25) is 10.1 Å². The Balaban J connectivity index is 1.40. The van der Waals surface area contributed by atoms with Gasteiger partial charge in [0.2, 0.25) is 0 Å². The van der Waals surface area contributed by atoms with E-state index in [-0.39, 0.29) is 22.3 Å². The maximum Gasteiger partial charge on any atom is 0.336 e. The summed E-state index contributed by atoms with van der Waals surface area (Å²) in [6.07, 6.45) is 2.12. The van der Waals surface area contributed by atoms with Crippen molar-refractivity contribution in [2.45, 2.75) is 57.6 Å². The number of Topliss-reactive ketones (excluding diaryl/α,β-unsaturated/α-hetero) is 1. The lowest BCUT2D eigenvalue weighted by Gasteiger charge is -2.46. The van der Waals surface area contributed by atoms with Crippen molar-refractivity contribution >= 4 is 47.8 Å². The highest BCUT2D eigenvalue weighted by molar-refractivity contribution is 6.99. The molecule has 4 aromatic rings.